The van der Waals surface area contributed by atoms with E-state index in [1.807, 2.05) is 0 Å². The summed E-state index contributed by atoms with van der Waals surface area (Å²) in [4.78, 5) is 2.30. The van der Waals surface area contributed by atoms with Crippen LogP contribution in [0.4, 0.5) is 17.1 Å². The molecule has 0 aromatic heterocycles. The fourth-order valence-corrected chi connectivity index (χ4v) is 8.01. The molecule has 0 bridgehead atoms. The van der Waals surface area contributed by atoms with E-state index in [1.165, 1.54) is 38.8 Å². The van der Waals surface area contributed by atoms with Crippen LogP contribution in [0.15, 0.2) is 158 Å². The maximum atomic E-state index is 7.52. The predicted molar refractivity (Wildman–Crippen MR) is 210 cm³/mol. The summed E-state index contributed by atoms with van der Waals surface area (Å²) in [5.41, 5.74) is 13.6. The molecule has 7 aromatic carbocycles. The molecule has 1 atom stereocenters. The minimum atomic E-state index is -0.829. The van der Waals surface area contributed by atoms with Crippen molar-refractivity contribution in [3.05, 3.63) is 186 Å². The molecule has 1 unspecified atom stereocenters. The second-order valence-electron chi connectivity index (χ2n) is 14.6. The summed E-state index contributed by atoms with van der Waals surface area (Å²) in [6.07, 6.45) is 4.59. The number of nitrogens with zero attached hydrogens (tertiary/aromatic N) is 1. The maximum absolute atomic E-state index is 7.52. The van der Waals surface area contributed by atoms with E-state index in [0.29, 0.717) is 0 Å². The maximum Gasteiger partial charge on any atom is 0.178 e. The molecular formula is C48H39NO. The largest absolute Gasteiger partial charge is 0.472 e. The summed E-state index contributed by atoms with van der Waals surface area (Å²) >= 11 is 0. The van der Waals surface area contributed by atoms with Crippen LogP contribution in [0.5, 0.6) is 5.75 Å². The summed E-state index contributed by atoms with van der Waals surface area (Å²) in [6, 6.07) is 54.5. The lowest BCUT2D eigenvalue weighted by Gasteiger charge is -2.38. The van der Waals surface area contributed by atoms with Crippen LogP contribution < -0.4 is 9.64 Å². The standard InChI is InChI=1S/C48H39NO/c1-32-39-30-31-48(34-24-22-33(23-25-34)47(2,3)4,50-46(39)43-21-13-20-42-40-18-11-12-19-41(40)44(32)45(42)43)35-26-28-38(29-27-35)49(36-14-7-5-8-15-36)37-16-9-6-10-17-37/h5-31H,1-4H3. The van der Waals surface area contributed by atoms with E-state index in [9.17, 15) is 0 Å². The zero-order valence-corrected chi connectivity index (χ0v) is 28.9. The number of hydrogen-bond acceptors (Lipinski definition) is 2. The molecule has 1 heterocycles. The molecule has 1 aliphatic carbocycles. The SMILES string of the molecule is Cc1c2c(c3cccc4c3c1-c1ccccc1-4)OC(c1ccc(N(c3ccccc3)c3ccccc3)cc1)(c1ccc(C(C)(C)C)cc1)C=C2. The number of ether oxygens (including phenoxy) is 1. The van der Waals surface area contributed by atoms with Crippen molar-refractivity contribution in [1.29, 1.82) is 0 Å². The molecule has 7 aromatic rings. The molecule has 2 aliphatic rings. The molecule has 0 spiro atoms. The third-order valence-electron chi connectivity index (χ3n) is 10.6. The van der Waals surface area contributed by atoms with E-state index in [0.717, 1.165) is 44.9 Å². The van der Waals surface area contributed by atoms with Gasteiger partial charge in [-0.2, -0.15) is 0 Å². The van der Waals surface area contributed by atoms with Crippen LogP contribution in [0.2, 0.25) is 0 Å². The average Bonchev–Trinajstić information content (AvgIpc) is 3.50. The first-order valence-electron chi connectivity index (χ1n) is 17.5. The van der Waals surface area contributed by atoms with Crippen LogP contribution in [0.25, 0.3) is 39.1 Å². The number of para-hydroxylation sites is 2. The minimum absolute atomic E-state index is 0.0475. The van der Waals surface area contributed by atoms with Crippen molar-refractivity contribution in [3.8, 4) is 28.0 Å². The first-order chi connectivity index (χ1) is 24.3. The Balaban J connectivity index is 1.23. The third kappa shape index (κ3) is 4.63. The predicted octanol–water partition coefficient (Wildman–Crippen LogP) is 12.9. The molecule has 2 heteroatoms. The zero-order chi connectivity index (χ0) is 34.0. The van der Waals surface area contributed by atoms with Crippen LogP contribution >= 0.6 is 0 Å². The van der Waals surface area contributed by atoms with E-state index in [1.54, 1.807) is 0 Å². The van der Waals surface area contributed by atoms with Gasteiger partial charge in [0.25, 0.3) is 0 Å². The highest BCUT2D eigenvalue weighted by atomic mass is 16.5. The number of anilines is 3. The Bertz CT molecular complexity index is 2380. The van der Waals surface area contributed by atoms with Crippen molar-refractivity contribution in [2.24, 2.45) is 0 Å². The van der Waals surface area contributed by atoms with Crippen molar-refractivity contribution in [1.82, 2.24) is 0 Å². The molecule has 0 amide bonds. The van der Waals surface area contributed by atoms with Gasteiger partial charge in [-0.1, -0.05) is 142 Å². The summed E-state index contributed by atoms with van der Waals surface area (Å²) < 4.78 is 7.52. The highest BCUT2D eigenvalue weighted by Gasteiger charge is 2.40. The van der Waals surface area contributed by atoms with Gasteiger partial charge in [0.2, 0.25) is 0 Å². The van der Waals surface area contributed by atoms with Gasteiger partial charge < -0.3 is 9.64 Å². The Labute approximate surface area is 294 Å². The summed E-state index contributed by atoms with van der Waals surface area (Å²) in [5, 5.41) is 2.44. The normalized spacial score (nSPS) is 15.8. The molecule has 0 N–H and O–H groups in total. The molecule has 50 heavy (non-hydrogen) atoms. The van der Waals surface area contributed by atoms with Crippen LogP contribution in [0.1, 0.15) is 48.6 Å². The van der Waals surface area contributed by atoms with E-state index in [4.69, 9.17) is 4.74 Å². The van der Waals surface area contributed by atoms with Crippen molar-refractivity contribution >= 4 is 33.9 Å². The molecule has 0 saturated carbocycles. The first-order valence-corrected chi connectivity index (χ1v) is 17.5. The van der Waals surface area contributed by atoms with Crippen LogP contribution in [0.3, 0.4) is 0 Å². The highest BCUT2D eigenvalue weighted by molar-refractivity contribution is 6.19. The minimum Gasteiger partial charge on any atom is -0.472 e. The van der Waals surface area contributed by atoms with Gasteiger partial charge in [-0.3, -0.25) is 0 Å². The second-order valence-corrected chi connectivity index (χ2v) is 14.6. The number of hydrogen-bond donors (Lipinski definition) is 0. The van der Waals surface area contributed by atoms with Crippen molar-refractivity contribution in [2.45, 2.75) is 38.7 Å². The Morgan fingerprint density at radius 3 is 1.70 bits per heavy atom. The highest BCUT2D eigenvalue weighted by Crippen LogP contribution is 2.55. The van der Waals surface area contributed by atoms with E-state index < -0.39 is 5.60 Å². The number of rotatable bonds is 5. The molecule has 0 radical (unpaired) electrons. The molecule has 0 fully saturated rings. The van der Waals surface area contributed by atoms with Crippen LogP contribution in [-0.2, 0) is 11.0 Å². The Kier molecular flexibility index (Phi) is 6.86. The summed E-state index contributed by atoms with van der Waals surface area (Å²) in [5.74, 6) is 0.942. The zero-order valence-electron chi connectivity index (χ0n) is 28.9. The van der Waals surface area contributed by atoms with Gasteiger partial charge in [-0.05, 0) is 88.2 Å². The van der Waals surface area contributed by atoms with Crippen LogP contribution in [-0.4, -0.2) is 0 Å². The monoisotopic (exact) mass is 645 g/mol. The molecular weight excluding hydrogens is 607 g/mol. The number of benzene rings is 7. The Morgan fingerprint density at radius 2 is 1.08 bits per heavy atom. The Morgan fingerprint density at radius 1 is 0.540 bits per heavy atom. The van der Waals surface area contributed by atoms with Gasteiger partial charge in [-0.25, -0.2) is 0 Å². The van der Waals surface area contributed by atoms with Gasteiger partial charge in [0.05, 0.1) is 0 Å². The fraction of sp³-hybridized carbons (Fsp3) is 0.125. The summed E-state index contributed by atoms with van der Waals surface area (Å²) in [7, 11) is 0. The smallest absolute Gasteiger partial charge is 0.178 e. The summed E-state index contributed by atoms with van der Waals surface area (Å²) in [6.45, 7) is 9.04. The average molecular weight is 646 g/mol. The van der Waals surface area contributed by atoms with Crippen molar-refractivity contribution in [2.75, 3.05) is 4.90 Å². The molecule has 9 rings (SSSR count). The molecule has 0 saturated heterocycles. The number of fused-ring (bicyclic) bond motifs is 5. The van der Waals surface area contributed by atoms with E-state index in [-0.39, 0.29) is 5.41 Å². The lowest BCUT2D eigenvalue weighted by Crippen LogP contribution is -2.34. The van der Waals surface area contributed by atoms with Gasteiger partial charge >= 0.3 is 0 Å². The molecule has 242 valence electrons. The van der Waals surface area contributed by atoms with Gasteiger partial charge in [0.15, 0.2) is 5.60 Å². The first kappa shape index (κ1) is 30.2. The quantitative estimate of drug-likeness (QED) is 0.185. The fourth-order valence-electron chi connectivity index (χ4n) is 8.01. The van der Waals surface area contributed by atoms with Gasteiger partial charge in [0, 0.05) is 44.5 Å². The lowest BCUT2D eigenvalue weighted by atomic mass is 9.80. The van der Waals surface area contributed by atoms with Crippen molar-refractivity contribution in [3.63, 3.8) is 0 Å². The van der Waals surface area contributed by atoms with E-state index in [2.05, 4.69) is 196 Å². The Hall–Kier alpha value is -5.86. The topological polar surface area (TPSA) is 12.5 Å². The van der Waals surface area contributed by atoms with E-state index >= 15 is 0 Å². The third-order valence-corrected chi connectivity index (χ3v) is 10.6. The van der Waals surface area contributed by atoms with Gasteiger partial charge in [0.1, 0.15) is 5.75 Å². The molecule has 1 aliphatic heterocycles. The lowest BCUT2D eigenvalue weighted by molar-refractivity contribution is 0.163. The second kappa shape index (κ2) is 11.4. The molecule has 2 nitrogen and oxygen atoms in total. The van der Waals surface area contributed by atoms with Crippen molar-refractivity contribution < 1.29 is 4.74 Å². The van der Waals surface area contributed by atoms with Crippen LogP contribution in [0, 0.1) is 6.92 Å². The van der Waals surface area contributed by atoms with Gasteiger partial charge in [-0.15, -0.1) is 0 Å².